The van der Waals surface area contributed by atoms with Crippen molar-refractivity contribution in [3.05, 3.63) is 35.4 Å². The molecule has 1 saturated carbocycles. The summed E-state index contributed by atoms with van der Waals surface area (Å²) in [6, 6.07) is 9.57. The van der Waals surface area contributed by atoms with Crippen molar-refractivity contribution >= 4 is 0 Å². The predicted molar refractivity (Wildman–Crippen MR) is 64.8 cm³/mol. The topological polar surface area (TPSA) is 12.0 Å². The molecule has 0 bridgehead atoms. The molecule has 1 aliphatic carbocycles. The normalized spacial score (nSPS) is 25.7. The third kappa shape index (κ3) is 2.82. The highest BCUT2D eigenvalue weighted by atomic mass is 14.9. The number of aryl methyl sites for hydroxylation is 1. The van der Waals surface area contributed by atoms with Crippen LogP contribution in [-0.4, -0.2) is 6.04 Å². The summed E-state index contributed by atoms with van der Waals surface area (Å²) in [4.78, 5) is 0. The summed E-state index contributed by atoms with van der Waals surface area (Å²) >= 11 is 0. The van der Waals surface area contributed by atoms with Crippen LogP contribution < -0.4 is 5.32 Å². The third-order valence-electron chi connectivity index (χ3n) is 3.55. The van der Waals surface area contributed by atoms with Gasteiger partial charge in [-0.2, -0.15) is 0 Å². The van der Waals surface area contributed by atoms with Gasteiger partial charge in [0.1, 0.15) is 0 Å². The van der Waals surface area contributed by atoms with E-state index in [1.807, 2.05) is 0 Å². The molecule has 1 aliphatic rings. The van der Waals surface area contributed by atoms with Gasteiger partial charge in [0.2, 0.25) is 0 Å². The van der Waals surface area contributed by atoms with Gasteiger partial charge < -0.3 is 5.32 Å². The lowest BCUT2D eigenvalue weighted by molar-refractivity contribution is 0.426. The maximum Gasteiger partial charge on any atom is 0.0208 e. The molecule has 0 aromatic heterocycles. The van der Waals surface area contributed by atoms with Crippen molar-refractivity contribution in [2.45, 2.75) is 45.7 Å². The molecule has 1 nitrogen and oxygen atoms in total. The second-order valence-corrected chi connectivity index (χ2v) is 4.88. The van der Waals surface area contributed by atoms with E-state index in [4.69, 9.17) is 0 Å². The van der Waals surface area contributed by atoms with E-state index in [1.54, 1.807) is 0 Å². The molecule has 0 radical (unpaired) electrons. The first-order valence-electron chi connectivity index (χ1n) is 6.04. The monoisotopic (exact) mass is 203 g/mol. The van der Waals surface area contributed by atoms with Gasteiger partial charge in [-0.1, -0.05) is 43.2 Å². The Balaban J connectivity index is 1.85. The second-order valence-electron chi connectivity index (χ2n) is 4.88. The molecule has 0 aliphatic heterocycles. The Morgan fingerprint density at radius 3 is 2.53 bits per heavy atom. The molecule has 15 heavy (non-hydrogen) atoms. The van der Waals surface area contributed by atoms with E-state index in [1.165, 1.54) is 30.4 Å². The van der Waals surface area contributed by atoms with Gasteiger partial charge in [-0.25, -0.2) is 0 Å². The highest BCUT2D eigenvalue weighted by Crippen LogP contribution is 2.24. The fraction of sp³-hybridized carbons (Fsp3) is 0.571. The Morgan fingerprint density at radius 1 is 1.20 bits per heavy atom. The minimum atomic E-state index is 0.742. The smallest absolute Gasteiger partial charge is 0.0208 e. The zero-order valence-corrected chi connectivity index (χ0v) is 9.79. The SMILES string of the molecule is Cc1ccc(CNC2CCCC2C)cc1. The highest BCUT2D eigenvalue weighted by Gasteiger charge is 2.22. The molecule has 0 amide bonds. The predicted octanol–water partition coefficient (Wildman–Crippen LogP) is 3.27. The Hall–Kier alpha value is -0.820. The van der Waals surface area contributed by atoms with Gasteiger partial charge in [0.05, 0.1) is 0 Å². The number of benzene rings is 1. The first-order chi connectivity index (χ1) is 7.25. The first kappa shape index (κ1) is 10.7. The van der Waals surface area contributed by atoms with E-state index in [9.17, 15) is 0 Å². The standard InChI is InChI=1S/C14H21N/c1-11-6-8-13(9-7-11)10-15-14-5-3-4-12(14)2/h6-9,12,14-15H,3-5,10H2,1-2H3. The van der Waals surface area contributed by atoms with Crippen LogP contribution in [0.4, 0.5) is 0 Å². The average Bonchev–Trinajstić information content (AvgIpc) is 2.63. The van der Waals surface area contributed by atoms with Crippen LogP contribution in [0.15, 0.2) is 24.3 Å². The Bertz CT molecular complexity index is 302. The lowest BCUT2D eigenvalue weighted by Gasteiger charge is -2.17. The van der Waals surface area contributed by atoms with Crippen LogP contribution in [0, 0.1) is 12.8 Å². The minimum absolute atomic E-state index is 0.742. The Labute approximate surface area is 92.9 Å². The molecular formula is C14H21N. The molecule has 0 heterocycles. The quantitative estimate of drug-likeness (QED) is 0.795. The van der Waals surface area contributed by atoms with E-state index in [2.05, 4.69) is 43.4 Å². The second kappa shape index (κ2) is 4.80. The van der Waals surface area contributed by atoms with E-state index in [0.717, 1.165) is 18.5 Å². The lowest BCUT2D eigenvalue weighted by Crippen LogP contribution is -2.30. The van der Waals surface area contributed by atoms with Crippen molar-refractivity contribution < 1.29 is 0 Å². The molecule has 1 heteroatoms. The van der Waals surface area contributed by atoms with Crippen molar-refractivity contribution in [3.8, 4) is 0 Å². The molecule has 0 saturated heterocycles. The molecule has 1 aromatic rings. The Kier molecular flexibility index (Phi) is 3.42. The average molecular weight is 203 g/mol. The summed E-state index contributed by atoms with van der Waals surface area (Å²) in [5.74, 6) is 0.857. The number of hydrogen-bond donors (Lipinski definition) is 1. The van der Waals surface area contributed by atoms with Gasteiger partial charge >= 0.3 is 0 Å². The number of rotatable bonds is 3. The van der Waals surface area contributed by atoms with E-state index in [-0.39, 0.29) is 0 Å². The fourth-order valence-electron chi connectivity index (χ4n) is 2.40. The molecule has 1 fully saturated rings. The molecule has 1 aromatic carbocycles. The molecule has 82 valence electrons. The van der Waals surface area contributed by atoms with Gasteiger partial charge in [0.15, 0.2) is 0 Å². The molecule has 1 N–H and O–H groups in total. The van der Waals surface area contributed by atoms with Gasteiger partial charge in [0.25, 0.3) is 0 Å². The molecular weight excluding hydrogens is 182 g/mol. The summed E-state index contributed by atoms with van der Waals surface area (Å²) in [5.41, 5.74) is 2.74. The number of nitrogens with one attached hydrogen (secondary N) is 1. The van der Waals surface area contributed by atoms with Crippen LogP contribution in [0.5, 0.6) is 0 Å². The lowest BCUT2D eigenvalue weighted by atomic mass is 10.1. The van der Waals surface area contributed by atoms with E-state index < -0.39 is 0 Å². The fourth-order valence-corrected chi connectivity index (χ4v) is 2.40. The minimum Gasteiger partial charge on any atom is -0.310 e. The molecule has 2 rings (SSSR count). The van der Waals surface area contributed by atoms with Crippen molar-refractivity contribution in [3.63, 3.8) is 0 Å². The summed E-state index contributed by atoms with van der Waals surface area (Å²) in [6.07, 6.45) is 4.14. The van der Waals surface area contributed by atoms with E-state index >= 15 is 0 Å². The van der Waals surface area contributed by atoms with Crippen LogP contribution >= 0.6 is 0 Å². The van der Waals surface area contributed by atoms with Gasteiger partial charge in [-0.3, -0.25) is 0 Å². The first-order valence-corrected chi connectivity index (χ1v) is 6.04. The number of hydrogen-bond acceptors (Lipinski definition) is 1. The zero-order chi connectivity index (χ0) is 10.7. The van der Waals surface area contributed by atoms with Gasteiger partial charge in [0, 0.05) is 12.6 Å². The summed E-state index contributed by atoms with van der Waals surface area (Å²) < 4.78 is 0. The van der Waals surface area contributed by atoms with Crippen molar-refractivity contribution in [1.82, 2.24) is 5.32 Å². The highest BCUT2D eigenvalue weighted by molar-refractivity contribution is 5.21. The van der Waals surface area contributed by atoms with E-state index in [0.29, 0.717) is 0 Å². The Morgan fingerprint density at radius 2 is 1.93 bits per heavy atom. The van der Waals surface area contributed by atoms with Crippen LogP contribution in [-0.2, 0) is 6.54 Å². The maximum atomic E-state index is 3.67. The van der Waals surface area contributed by atoms with Crippen molar-refractivity contribution in [2.75, 3.05) is 0 Å². The van der Waals surface area contributed by atoms with Crippen LogP contribution in [0.3, 0.4) is 0 Å². The molecule has 2 unspecified atom stereocenters. The maximum absolute atomic E-state index is 3.67. The van der Waals surface area contributed by atoms with Crippen molar-refractivity contribution in [2.24, 2.45) is 5.92 Å². The van der Waals surface area contributed by atoms with Gasteiger partial charge in [-0.15, -0.1) is 0 Å². The summed E-state index contributed by atoms with van der Waals surface area (Å²) in [7, 11) is 0. The van der Waals surface area contributed by atoms with Crippen LogP contribution in [0.2, 0.25) is 0 Å². The summed E-state index contributed by atoms with van der Waals surface area (Å²) in [6.45, 7) is 5.52. The van der Waals surface area contributed by atoms with Crippen molar-refractivity contribution in [1.29, 1.82) is 0 Å². The summed E-state index contributed by atoms with van der Waals surface area (Å²) in [5, 5.41) is 3.67. The third-order valence-corrected chi connectivity index (χ3v) is 3.55. The van der Waals surface area contributed by atoms with Crippen LogP contribution in [0.25, 0.3) is 0 Å². The van der Waals surface area contributed by atoms with Crippen LogP contribution in [0.1, 0.15) is 37.3 Å². The molecule has 2 atom stereocenters. The van der Waals surface area contributed by atoms with Gasteiger partial charge in [-0.05, 0) is 31.2 Å². The zero-order valence-electron chi connectivity index (χ0n) is 9.79. The molecule has 0 spiro atoms. The largest absolute Gasteiger partial charge is 0.310 e.